The summed E-state index contributed by atoms with van der Waals surface area (Å²) in [6.07, 6.45) is 1.01. The average molecular weight is 301 g/mol. The van der Waals surface area contributed by atoms with Gasteiger partial charge in [0.05, 0.1) is 5.69 Å². The van der Waals surface area contributed by atoms with Crippen LogP contribution in [0.25, 0.3) is 0 Å². The quantitative estimate of drug-likeness (QED) is 0.902. The van der Waals surface area contributed by atoms with Crippen molar-refractivity contribution in [3.8, 4) is 0 Å². The lowest BCUT2D eigenvalue weighted by atomic mass is 10.1. The van der Waals surface area contributed by atoms with Gasteiger partial charge in [-0.2, -0.15) is 0 Å². The van der Waals surface area contributed by atoms with Gasteiger partial charge in [-0.05, 0) is 41.4 Å². The second-order valence-corrected chi connectivity index (χ2v) is 5.45. The van der Waals surface area contributed by atoms with Gasteiger partial charge in [-0.15, -0.1) is 0 Å². The van der Waals surface area contributed by atoms with Crippen molar-refractivity contribution in [1.29, 1.82) is 0 Å². The van der Waals surface area contributed by atoms with Crippen LogP contribution in [0.2, 0.25) is 0 Å². The fourth-order valence-electron chi connectivity index (χ4n) is 2.36. The van der Waals surface area contributed by atoms with Crippen molar-refractivity contribution in [3.05, 3.63) is 28.5 Å². The maximum absolute atomic E-state index is 14.0. The molecule has 17 heavy (non-hydrogen) atoms. The molecule has 0 spiro atoms. The molecule has 2 atom stereocenters. The molecule has 1 heterocycles. The third kappa shape index (κ3) is 2.63. The number of nitrogens with zero attached hydrogens (tertiary/aromatic N) is 1. The van der Waals surface area contributed by atoms with Gasteiger partial charge in [0, 0.05) is 29.6 Å². The fourth-order valence-corrected chi connectivity index (χ4v) is 2.93. The molecular formula is C13H18BrFN2. The lowest BCUT2D eigenvalue weighted by molar-refractivity contribution is 0.398. The van der Waals surface area contributed by atoms with Crippen molar-refractivity contribution in [2.75, 3.05) is 18.0 Å². The molecule has 4 heteroatoms. The molecule has 94 valence electrons. The summed E-state index contributed by atoms with van der Waals surface area (Å²) in [6, 6.07) is 5.91. The standard InChI is InChI=1S/C13H18BrFN2/c1-3-10-7-16-9(2)8-17(10)13-11(14)5-4-6-12(13)15/h4-6,9-10,16H,3,7-8H2,1-2H3. The number of halogens is 2. The van der Waals surface area contributed by atoms with Crippen LogP contribution in [0, 0.1) is 5.82 Å². The van der Waals surface area contributed by atoms with E-state index in [0.29, 0.717) is 17.8 Å². The third-order valence-electron chi connectivity index (χ3n) is 3.31. The highest BCUT2D eigenvalue weighted by Crippen LogP contribution is 2.32. The summed E-state index contributed by atoms with van der Waals surface area (Å²) >= 11 is 3.46. The molecule has 0 aromatic heterocycles. The van der Waals surface area contributed by atoms with E-state index in [-0.39, 0.29) is 5.82 Å². The first-order valence-corrected chi connectivity index (χ1v) is 6.86. The summed E-state index contributed by atoms with van der Waals surface area (Å²) < 4.78 is 14.8. The number of piperazine rings is 1. The van der Waals surface area contributed by atoms with Gasteiger partial charge in [-0.3, -0.25) is 0 Å². The maximum Gasteiger partial charge on any atom is 0.147 e. The zero-order chi connectivity index (χ0) is 12.4. The number of hydrogen-bond acceptors (Lipinski definition) is 2. The third-order valence-corrected chi connectivity index (χ3v) is 3.95. The minimum atomic E-state index is -0.146. The Labute approximate surface area is 110 Å². The molecule has 1 saturated heterocycles. The first kappa shape index (κ1) is 12.8. The molecule has 1 aliphatic rings. The van der Waals surface area contributed by atoms with Gasteiger partial charge in [0.2, 0.25) is 0 Å². The first-order chi connectivity index (χ1) is 8.13. The smallest absolute Gasteiger partial charge is 0.147 e. The summed E-state index contributed by atoms with van der Waals surface area (Å²) in [5.41, 5.74) is 0.702. The molecule has 0 bridgehead atoms. The van der Waals surface area contributed by atoms with Crippen LogP contribution >= 0.6 is 15.9 Å². The van der Waals surface area contributed by atoms with E-state index in [1.165, 1.54) is 6.07 Å². The molecule has 0 saturated carbocycles. The molecule has 0 aliphatic carbocycles. The van der Waals surface area contributed by atoms with Gasteiger partial charge >= 0.3 is 0 Å². The van der Waals surface area contributed by atoms with Gasteiger partial charge in [0.15, 0.2) is 0 Å². The van der Waals surface area contributed by atoms with E-state index in [1.807, 2.05) is 6.07 Å². The molecule has 1 N–H and O–H groups in total. The van der Waals surface area contributed by atoms with Crippen molar-refractivity contribution in [1.82, 2.24) is 5.32 Å². The van der Waals surface area contributed by atoms with Crippen molar-refractivity contribution >= 4 is 21.6 Å². The topological polar surface area (TPSA) is 15.3 Å². The van der Waals surface area contributed by atoms with Gasteiger partial charge < -0.3 is 10.2 Å². The van der Waals surface area contributed by atoms with E-state index in [9.17, 15) is 4.39 Å². The van der Waals surface area contributed by atoms with Crippen LogP contribution in [-0.2, 0) is 0 Å². The highest BCUT2D eigenvalue weighted by Gasteiger charge is 2.27. The second-order valence-electron chi connectivity index (χ2n) is 4.59. The van der Waals surface area contributed by atoms with Gasteiger partial charge in [0.1, 0.15) is 5.82 Å². The molecule has 2 nitrogen and oxygen atoms in total. The Balaban J connectivity index is 2.35. The molecule has 0 radical (unpaired) electrons. The summed E-state index contributed by atoms with van der Waals surface area (Å²) in [5.74, 6) is -0.146. The van der Waals surface area contributed by atoms with E-state index in [2.05, 4.69) is 40.0 Å². The largest absolute Gasteiger partial charge is 0.362 e. The Bertz CT molecular complexity index is 377. The highest BCUT2D eigenvalue weighted by atomic mass is 79.9. The number of para-hydroxylation sites is 1. The Morgan fingerprint density at radius 2 is 2.29 bits per heavy atom. The summed E-state index contributed by atoms with van der Waals surface area (Å²) in [4.78, 5) is 2.18. The van der Waals surface area contributed by atoms with Gasteiger partial charge in [-0.25, -0.2) is 4.39 Å². The Morgan fingerprint density at radius 3 is 2.94 bits per heavy atom. The molecule has 1 aromatic rings. The van der Waals surface area contributed by atoms with Crippen LogP contribution in [0.1, 0.15) is 20.3 Å². The SMILES string of the molecule is CCC1CNC(C)CN1c1c(F)cccc1Br. The van der Waals surface area contributed by atoms with E-state index in [4.69, 9.17) is 0 Å². The van der Waals surface area contributed by atoms with Crippen LogP contribution in [0.5, 0.6) is 0 Å². The molecule has 1 fully saturated rings. The van der Waals surface area contributed by atoms with Gasteiger partial charge in [0.25, 0.3) is 0 Å². The van der Waals surface area contributed by atoms with Crippen molar-refractivity contribution in [2.24, 2.45) is 0 Å². The summed E-state index contributed by atoms with van der Waals surface area (Å²) in [7, 11) is 0. The molecule has 2 rings (SSSR count). The number of hydrogen-bond donors (Lipinski definition) is 1. The Morgan fingerprint density at radius 1 is 1.53 bits per heavy atom. The van der Waals surface area contributed by atoms with E-state index in [1.54, 1.807) is 6.07 Å². The lowest BCUT2D eigenvalue weighted by Crippen LogP contribution is -2.55. The molecule has 1 aromatic carbocycles. The van der Waals surface area contributed by atoms with Crippen molar-refractivity contribution < 1.29 is 4.39 Å². The normalized spacial score (nSPS) is 25.1. The van der Waals surface area contributed by atoms with E-state index >= 15 is 0 Å². The van der Waals surface area contributed by atoms with Crippen LogP contribution in [0.3, 0.4) is 0 Å². The minimum absolute atomic E-state index is 0.146. The van der Waals surface area contributed by atoms with E-state index in [0.717, 1.165) is 24.0 Å². The highest BCUT2D eigenvalue weighted by molar-refractivity contribution is 9.10. The fraction of sp³-hybridized carbons (Fsp3) is 0.538. The average Bonchev–Trinajstić information content (AvgIpc) is 2.29. The number of rotatable bonds is 2. The predicted molar refractivity (Wildman–Crippen MR) is 73.0 cm³/mol. The van der Waals surface area contributed by atoms with Crippen LogP contribution < -0.4 is 10.2 Å². The lowest BCUT2D eigenvalue weighted by Gasteiger charge is -2.41. The number of benzene rings is 1. The van der Waals surface area contributed by atoms with Gasteiger partial charge in [-0.1, -0.05) is 13.0 Å². The Kier molecular flexibility index (Phi) is 4.05. The first-order valence-electron chi connectivity index (χ1n) is 6.07. The predicted octanol–water partition coefficient (Wildman–Crippen LogP) is 3.16. The number of anilines is 1. The molecular weight excluding hydrogens is 283 g/mol. The molecule has 2 unspecified atom stereocenters. The maximum atomic E-state index is 14.0. The van der Waals surface area contributed by atoms with E-state index < -0.39 is 0 Å². The molecule has 1 aliphatic heterocycles. The molecule has 0 amide bonds. The summed E-state index contributed by atoms with van der Waals surface area (Å²) in [5, 5.41) is 3.44. The van der Waals surface area contributed by atoms with Crippen LogP contribution in [0.15, 0.2) is 22.7 Å². The van der Waals surface area contributed by atoms with Crippen molar-refractivity contribution in [3.63, 3.8) is 0 Å². The zero-order valence-electron chi connectivity index (χ0n) is 10.2. The number of nitrogens with one attached hydrogen (secondary N) is 1. The van der Waals surface area contributed by atoms with Crippen molar-refractivity contribution in [2.45, 2.75) is 32.4 Å². The monoisotopic (exact) mass is 300 g/mol. The second kappa shape index (κ2) is 5.36. The minimum Gasteiger partial charge on any atom is -0.362 e. The van der Waals surface area contributed by atoms with Crippen LogP contribution in [-0.4, -0.2) is 25.2 Å². The summed E-state index contributed by atoms with van der Waals surface area (Å²) in [6.45, 7) is 6.04. The zero-order valence-corrected chi connectivity index (χ0v) is 11.8. The Hall–Kier alpha value is -0.610. The van der Waals surface area contributed by atoms with Crippen LogP contribution in [0.4, 0.5) is 10.1 Å².